The van der Waals surface area contributed by atoms with Crippen LogP contribution in [0.3, 0.4) is 0 Å². The van der Waals surface area contributed by atoms with Gasteiger partial charge in [-0.1, -0.05) is 0 Å². The van der Waals surface area contributed by atoms with Crippen LogP contribution in [0.4, 0.5) is 8.78 Å². The third kappa shape index (κ3) is 2.05. The molecule has 1 aliphatic heterocycles. The third-order valence-corrected chi connectivity index (χ3v) is 3.75. The highest BCUT2D eigenvalue weighted by Gasteiger charge is 2.51. The van der Waals surface area contributed by atoms with E-state index < -0.39 is 11.8 Å². The first-order valence-corrected chi connectivity index (χ1v) is 5.85. The van der Waals surface area contributed by atoms with Gasteiger partial charge in [-0.2, -0.15) is 0 Å². The van der Waals surface area contributed by atoms with Gasteiger partial charge in [-0.25, -0.2) is 8.78 Å². The molecule has 1 amide bonds. The Labute approximate surface area is 94.2 Å². The number of hydrogen-bond donors (Lipinski definition) is 1. The number of amides is 1. The van der Waals surface area contributed by atoms with Crippen molar-refractivity contribution in [1.29, 1.82) is 0 Å². The van der Waals surface area contributed by atoms with Crippen molar-refractivity contribution in [2.75, 3.05) is 26.7 Å². The first-order valence-electron chi connectivity index (χ1n) is 5.85. The van der Waals surface area contributed by atoms with Crippen LogP contribution in [0.15, 0.2) is 0 Å². The highest BCUT2D eigenvalue weighted by Crippen LogP contribution is 2.45. The molecule has 1 aliphatic carbocycles. The molecule has 0 aromatic rings. The Morgan fingerprint density at radius 3 is 2.88 bits per heavy atom. The minimum absolute atomic E-state index is 0.00422. The van der Waals surface area contributed by atoms with Gasteiger partial charge >= 0.3 is 0 Å². The summed E-state index contributed by atoms with van der Waals surface area (Å²) >= 11 is 0. The maximum Gasteiger partial charge on any atom is 0.252 e. The Morgan fingerprint density at radius 2 is 2.25 bits per heavy atom. The Kier molecular flexibility index (Phi) is 3.15. The predicted octanol–water partition coefficient (Wildman–Crippen LogP) is 1.10. The minimum Gasteiger partial charge on any atom is -0.341 e. The quantitative estimate of drug-likeness (QED) is 0.773. The summed E-state index contributed by atoms with van der Waals surface area (Å²) in [7, 11) is 1.69. The summed E-state index contributed by atoms with van der Waals surface area (Å²) in [4.78, 5) is 13.2. The summed E-state index contributed by atoms with van der Waals surface area (Å²) in [5.74, 6) is -3.24. The lowest BCUT2D eigenvalue weighted by Gasteiger charge is -2.32. The second-order valence-electron chi connectivity index (χ2n) is 4.85. The van der Waals surface area contributed by atoms with E-state index in [1.165, 1.54) is 0 Å². The molecule has 0 radical (unpaired) electrons. The number of hydrogen-bond acceptors (Lipinski definition) is 2. The van der Waals surface area contributed by atoms with Crippen molar-refractivity contribution in [3.63, 3.8) is 0 Å². The van der Waals surface area contributed by atoms with E-state index >= 15 is 0 Å². The second-order valence-corrected chi connectivity index (χ2v) is 4.85. The van der Waals surface area contributed by atoms with Crippen molar-refractivity contribution in [1.82, 2.24) is 10.2 Å². The Hall–Kier alpha value is -0.710. The van der Waals surface area contributed by atoms with E-state index in [4.69, 9.17) is 0 Å². The van der Waals surface area contributed by atoms with Gasteiger partial charge in [0.2, 0.25) is 5.91 Å². The summed E-state index contributed by atoms with van der Waals surface area (Å²) in [6.07, 6.45) is 1.41. The molecule has 0 aromatic heterocycles. The maximum absolute atomic E-state index is 13.6. The molecule has 1 saturated heterocycles. The molecule has 0 bridgehead atoms. The first-order chi connectivity index (χ1) is 7.54. The number of nitrogens with one attached hydrogen (secondary N) is 1. The molecule has 1 saturated carbocycles. The number of carbonyl (C=O) groups is 1. The SMILES string of the molecule is CNCC(=O)N1C[C@H]2CCCC(F)(F)[C@@H]2C1. The standard InChI is InChI=1S/C11H18F2N2O/c1-14-5-10(16)15-6-8-3-2-4-11(12,13)9(8)7-15/h8-9,14H,2-7H2,1H3/t8-,9-/m1/s1. The Bertz CT molecular complexity index is 283. The van der Waals surface area contributed by atoms with Crippen LogP contribution in [0.5, 0.6) is 0 Å². The van der Waals surface area contributed by atoms with Gasteiger partial charge in [-0.05, 0) is 25.8 Å². The van der Waals surface area contributed by atoms with E-state index in [1.807, 2.05) is 0 Å². The summed E-state index contributed by atoms with van der Waals surface area (Å²) in [6.45, 7) is 0.990. The van der Waals surface area contributed by atoms with Crippen LogP contribution in [0.25, 0.3) is 0 Å². The number of nitrogens with zero attached hydrogens (tertiary/aromatic N) is 1. The number of carbonyl (C=O) groups excluding carboxylic acids is 1. The number of alkyl halides is 2. The Balaban J connectivity index is 2.02. The van der Waals surface area contributed by atoms with Crippen molar-refractivity contribution < 1.29 is 13.6 Å². The van der Waals surface area contributed by atoms with E-state index in [0.717, 1.165) is 6.42 Å². The second kappa shape index (κ2) is 4.28. The van der Waals surface area contributed by atoms with E-state index in [9.17, 15) is 13.6 Å². The molecule has 5 heteroatoms. The van der Waals surface area contributed by atoms with Gasteiger partial charge in [0.15, 0.2) is 0 Å². The van der Waals surface area contributed by atoms with Crippen LogP contribution in [-0.2, 0) is 4.79 Å². The molecular formula is C11H18F2N2O. The van der Waals surface area contributed by atoms with Crippen molar-refractivity contribution in [3.8, 4) is 0 Å². The number of likely N-dealkylation sites (N-methyl/N-ethyl adjacent to an activating group) is 1. The molecule has 2 rings (SSSR count). The van der Waals surface area contributed by atoms with Gasteiger partial charge in [0.25, 0.3) is 5.92 Å². The third-order valence-electron chi connectivity index (χ3n) is 3.75. The van der Waals surface area contributed by atoms with Gasteiger partial charge in [0.1, 0.15) is 0 Å². The number of halogens is 2. The van der Waals surface area contributed by atoms with Crippen LogP contribution in [-0.4, -0.2) is 43.4 Å². The number of rotatable bonds is 2. The summed E-state index contributed by atoms with van der Waals surface area (Å²) in [5.41, 5.74) is 0. The zero-order chi connectivity index (χ0) is 11.8. The average molecular weight is 232 g/mol. The van der Waals surface area contributed by atoms with E-state index in [2.05, 4.69) is 5.32 Å². The molecule has 16 heavy (non-hydrogen) atoms. The summed E-state index contributed by atoms with van der Waals surface area (Å²) < 4.78 is 27.3. The predicted molar refractivity (Wildman–Crippen MR) is 56.3 cm³/mol. The number of fused-ring (bicyclic) bond motifs is 1. The maximum atomic E-state index is 13.6. The lowest BCUT2D eigenvalue weighted by Crippen LogP contribution is -2.39. The summed E-state index contributed by atoms with van der Waals surface area (Å²) in [6, 6.07) is 0. The topological polar surface area (TPSA) is 32.3 Å². The molecule has 92 valence electrons. The van der Waals surface area contributed by atoms with E-state index in [-0.39, 0.29) is 31.3 Å². The lowest BCUT2D eigenvalue weighted by molar-refractivity contribution is -0.130. The monoisotopic (exact) mass is 232 g/mol. The van der Waals surface area contributed by atoms with Crippen molar-refractivity contribution in [2.24, 2.45) is 11.8 Å². The van der Waals surface area contributed by atoms with Crippen LogP contribution >= 0.6 is 0 Å². The fraction of sp³-hybridized carbons (Fsp3) is 0.909. The van der Waals surface area contributed by atoms with Gasteiger partial charge in [0, 0.05) is 25.4 Å². The van der Waals surface area contributed by atoms with Crippen LogP contribution < -0.4 is 5.32 Å². The molecule has 2 fully saturated rings. The molecule has 0 unspecified atom stereocenters. The van der Waals surface area contributed by atoms with Crippen molar-refractivity contribution in [2.45, 2.75) is 25.2 Å². The molecular weight excluding hydrogens is 214 g/mol. The van der Waals surface area contributed by atoms with Crippen LogP contribution in [0.1, 0.15) is 19.3 Å². The largest absolute Gasteiger partial charge is 0.341 e. The zero-order valence-corrected chi connectivity index (χ0v) is 9.51. The summed E-state index contributed by atoms with van der Waals surface area (Å²) in [5, 5.41) is 2.77. The molecule has 2 aliphatic rings. The first kappa shape index (κ1) is 11.8. The van der Waals surface area contributed by atoms with Gasteiger partial charge in [0.05, 0.1) is 6.54 Å². The Morgan fingerprint density at radius 1 is 1.50 bits per heavy atom. The van der Waals surface area contributed by atoms with Crippen molar-refractivity contribution >= 4 is 5.91 Å². The zero-order valence-electron chi connectivity index (χ0n) is 9.51. The molecule has 2 atom stereocenters. The normalized spacial score (nSPS) is 32.6. The highest BCUT2D eigenvalue weighted by molar-refractivity contribution is 5.78. The van der Waals surface area contributed by atoms with Crippen LogP contribution in [0.2, 0.25) is 0 Å². The van der Waals surface area contributed by atoms with Gasteiger partial charge < -0.3 is 10.2 Å². The van der Waals surface area contributed by atoms with Gasteiger partial charge in [-0.3, -0.25) is 4.79 Å². The average Bonchev–Trinajstić information content (AvgIpc) is 2.63. The van der Waals surface area contributed by atoms with Crippen molar-refractivity contribution in [3.05, 3.63) is 0 Å². The molecule has 1 heterocycles. The molecule has 0 aromatic carbocycles. The molecule has 0 spiro atoms. The fourth-order valence-electron chi connectivity index (χ4n) is 2.89. The molecule has 3 nitrogen and oxygen atoms in total. The fourth-order valence-corrected chi connectivity index (χ4v) is 2.89. The van der Waals surface area contributed by atoms with Gasteiger partial charge in [-0.15, -0.1) is 0 Å². The van der Waals surface area contributed by atoms with Crippen LogP contribution in [0, 0.1) is 11.8 Å². The minimum atomic E-state index is -2.57. The lowest BCUT2D eigenvalue weighted by atomic mass is 9.79. The smallest absolute Gasteiger partial charge is 0.252 e. The van der Waals surface area contributed by atoms with E-state index in [0.29, 0.717) is 13.0 Å². The van der Waals surface area contributed by atoms with E-state index in [1.54, 1.807) is 11.9 Å². The highest BCUT2D eigenvalue weighted by atomic mass is 19.3. The number of likely N-dealkylation sites (tertiary alicyclic amines) is 1. The molecule has 1 N–H and O–H groups in total.